The smallest absolute Gasteiger partial charge is 0.255 e. The fourth-order valence-electron chi connectivity index (χ4n) is 2.81. The molecule has 1 aromatic carbocycles. The zero-order valence-electron chi connectivity index (χ0n) is 14.5. The number of aliphatic hydroxyl groups excluding tert-OH is 1. The first-order valence-corrected chi connectivity index (χ1v) is 8.07. The number of benzene rings is 1. The molecule has 0 fully saturated rings. The molecule has 0 saturated carbocycles. The zero-order valence-corrected chi connectivity index (χ0v) is 14.5. The quantitative estimate of drug-likeness (QED) is 0.749. The van der Waals surface area contributed by atoms with Crippen LogP contribution in [-0.2, 0) is 7.05 Å². The molecule has 3 aromatic rings. The van der Waals surface area contributed by atoms with Crippen LogP contribution >= 0.6 is 0 Å². The molecule has 0 unspecified atom stereocenters. The third-order valence-corrected chi connectivity index (χ3v) is 4.29. The molecule has 1 atom stereocenters. The van der Waals surface area contributed by atoms with Crippen molar-refractivity contribution in [3.8, 4) is 11.3 Å². The van der Waals surface area contributed by atoms with E-state index in [9.17, 15) is 9.90 Å². The number of aliphatic hydroxyl groups is 1. The second-order valence-corrected chi connectivity index (χ2v) is 5.99. The molecule has 2 N–H and O–H groups in total. The van der Waals surface area contributed by atoms with Gasteiger partial charge in [-0.25, -0.2) is 0 Å². The van der Waals surface area contributed by atoms with Gasteiger partial charge in [0.2, 0.25) is 0 Å². The fourth-order valence-corrected chi connectivity index (χ4v) is 2.81. The molecular weight excluding hydrogens is 318 g/mol. The molecule has 0 saturated heterocycles. The van der Waals surface area contributed by atoms with Crippen LogP contribution in [0.4, 0.5) is 0 Å². The predicted octanol–water partition coefficient (Wildman–Crippen LogP) is 2.76. The highest BCUT2D eigenvalue weighted by molar-refractivity contribution is 5.96. The van der Waals surface area contributed by atoms with Gasteiger partial charge < -0.3 is 14.8 Å². The number of rotatable bonds is 5. The molecule has 6 nitrogen and oxygen atoms in total. The highest BCUT2D eigenvalue weighted by atomic mass is 16.3. The van der Waals surface area contributed by atoms with Crippen molar-refractivity contribution in [2.75, 3.05) is 6.54 Å². The van der Waals surface area contributed by atoms with Crippen molar-refractivity contribution in [3.63, 3.8) is 0 Å². The average Bonchev–Trinajstić information content (AvgIpc) is 3.22. The number of carbonyl (C=O) groups excluding carboxylic acids is 1. The minimum absolute atomic E-state index is 0.132. The fraction of sp³-hybridized carbons (Fsp3) is 0.263. The average molecular weight is 339 g/mol. The van der Waals surface area contributed by atoms with Crippen LogP contribution in [0.15, 0.2) is 47.1 Å². The highest BCUT2D eigenvalue weighted by Crippen LogP contribution is 2.22. The molecule has 0 bridgehead atoms. The summed E-state index contributed by atoms with van der Waals surface area (Å²) < 4.78 is 7.02. The van der Waals surface area contributed by atoms with Crippen LogP contribution in [0.5, 0.6) is 0 Å². The molecule has 2 aromatic heterocycles. The zero-order chi connectivity index (χ0) is 18.0. The van der Waals surface area contributed by atoms with Crippen molar-refractivity contribution < 1.29 is 14.3 Å². The van der Waals surface area contributed by atoms with Crippen LogP contribution in [0.3, 0.4) is 0 Å². The van der Waals surface area contributed by atoms with Gasteiger partial charge in [-0.1, -0.05) is 24.3 Å². The Morgan fingerprint density at radius 1 is 1.28 bits per heavy atom. The molecule has 0 spiro atoms. The first kappa shape index (κ1) is 17.0. The van der Waals surface area contributed by atoms with Gasteiger partial charge in [-0.15, -0.1) is 0 Å². The number of hydrogen-bond acceptors (Lipinski definition) is 4. The van der Waals surface area contributed by atoms with E-state index in [0.29, 0.717) is 11.3 Å². The van der Waals surface area contributed by atoms with E-state index in [1.165, 1.54) is 0 Å². The largest absolute Gasteiger partial charge is 0.464 e. The molecule has 6 heteroatoms. The SMILES string of the molecule is Cc1nn(C)c(C)c1C(=O)NC[C@H](O)c1ccc(-c2ccco2)cc1. The lowest BCUT2D eigenvalue weighted by Gasteiger charge is -2.13. The number of aromatic nitrogens is 2. The maximum Gasteiger partial charge on any atom is 0.255 e. The number of carbonyl (C=O) groups is 1. The summed E-state index contributed by atoms with van der Waals surface area (Å²) in [4.78, 5) is 12.4. The predicted molar refractivity (Wildman–Crippen MR) is 94.1 cm³/mol. The van der Waals surface area contributed by atoms with Gasteiger partial charge in [0.1, 0.15) is 5.76 Å². The van der Waals surface area contributed by atoms with Crippen LogP contribution in [0.2, 0.25) is 0 Å². The standard InChI is InChI=1S/C19H21N3O3/c1-12-18(13(2)22(3)21-12)19(24)20-11-16(23)14-6-8-15(9-7-14)17-5-4-10-25-17/h4-10,16,23H,11H2,1-3H3,(H,20,24)/t16-/m0/s1. The van der Waals surface area contributed by atoms with Gasteiger partial charge in [0.05, 0.1) is 23.6 Å². The third kappa shape index (κ3) is 3.49. The minimum atomic E-state index is -0.785. The molecule has 2 heterocycles. The lowest BCUT2D eigenvalue weighted by molar-refractivity contribution is 0.0915. The lowest BCUT2D eigenvalue weighted by atomic mass is 10.1. The van der Waals surface area contributed by atoms with E-state index in [0.717, 1.165) is 22.6 Å². The van der Waals surface area contributed by atoms with Crippen molar-refractivity contribution in [2.45, 2.75) is 20.0 Å². The summed E-state index contributed by atoms with van der Waals surface area (Å²) in [6.07, 6.45) is 0.836. The first-order valence-electron chi connectivity index (χ1n) is 8.07. The maximum absolute atomic E-state index is 12.4. The Kier molecular flexibility index (Phi) is 4.72. The van der Waals surface area contributed by atoms with E-state index in [4.69, 9.17) is 4.42 Å². The van der Waals surface area contributed by atoms with E-state index >= 15 is 0 Å². The number of furan rings is 1. The Hall–Kier alpha value is -2.86. The summed E-state index contributed by atoms with van der Waals surface area (Å²) in [5.41, 5.74) is 3.70. The number of amides is 1. The maximum atomic E-state index is 12.4. The number of nitrogens with zero attached hydrogens (tertiary/aromatic N) is 2. The molecular formula is C19H21N3O3. The summed E-state index contributed by atoms with van der Waals surface area (Å²) >= 11 is 0. The van der Waals surface area contributed by atoms with Crippen LogP contribution in [0.25, 0.3) is 11.3 Å². The summed E-state index contributed by atoms with van der Waals surface area (Å²) in [7, 11) is 1.80. The van der Waals surface area contributed by atoms with Crippen molar-refractivity contribution >= 4 is 5.91 Å². The summed E-state index contributed by atoms with van der Waals surface area (Å²) in [5.74, 6) is 0.547. The van der Waals surface area contributed by atoms with Crippen molar-refractivity contribution in [3.05, 3.63) is 65.2 Å². The molecule has 3 rings (SSSR count). The molecule has 0 aliphatic rings. The minimum Gasteiger partial charge on any atom is -0.464 e. The summed E-state index contributed by atoms with van der Waals surface area (Å²) in [5, 5.41) is 17.3. The number of nitrogens with one attached hydrogen (secondary N) is 1. The Labute approximate surface area is 146 Å². The second-order valence-electron chi connectivity index (χ2n) is 5.99. The number of hydrogen-bond donors (Lipinski definition) is 2. The van der Waals surface area contributed by atoms with E-state index in [1.54, 1.807) is 24.9 Å². The van der Waals surface area contributed by atoms with E-state index in [1.807, 2.05) is 43.3 Å². The summed E-state index contributed by atoms with van der Waals surface area (Å²) in [6.45, 7) is 3.77. The summed E-state index contributed by atoms with van der Waals surface area (Å²) in [6, 6.07) is 11.1. The molecule has 0 aliphatic carbocycles. The third-order valence-electron chi connectivity index (χ3n) is 4.29. The molecule has 1 amide bonds. The highest BCUT2D eigenvalue weighted by Gasteiger charge is 2.18. The monoisotopic (exact) mass is 339 g/mol. The van der Waals surface area contributed by atoms with E-state index < -0.39 is 6.10 Å². The Morgan fingerprint density at radius 3 is 2.56 bits per heavy atom. The molecule has 130 valence electrons. The molecule has 0 aliphatic heterocycles. The van der Waals surface area contributed by atoms with E-state index in [-0.39, 0.29) is 12.5 Å². The topological polar surface area (TPSA) is 80.3 Å². The van der Waals surface area contributed by atoms with Crippen LogP contribution < -0.4 is 5.32 Å². The van der Waals surface area contributed by atoms with Gasteiger partial charge in [0.25, 0.3) is 5.91 Å². The number of aryl methyl sites for hydroxylation is 2. The van der Waals surface area contributed by atoms with E-state index in [2.05, 4.69) is 10.4 Å². The molecule has 0 radical (unpaired) electrons. The van der Waals surface area contributed by atoms with Gasteiger partial charge >= 0.3 is 0 Å². The van der Waals surface area contributed by atoms with Gasteiger partial charge in [0, 0.05) is 24.8 Å². The van der Waals surface area contributed by atoms with Crippen LogP contribution in [-0.4, -0.2) is 27.3 Å². The van der Waals surface area contributed by atoms with Crippen molar-refractivity contribution in [1.82, 2.24) is 15.1 Å². The van der Waals surface area contributed by atoms with Crippen molar-refractivity contribution in [1.29, 1.82) is 0 Å². The van der Waals surface area contributed by atoms with Crippen LogP contribution in [0.1, 0.15) is 33.4 Å². The van der Waals surface area contributed by atoms with Gasteiger partial charge in [-0.2, -0.15) is 5.10 Å². The van der Waals surface area contributed by atoms with Gasteiger partial charge in [-0.05, 0) is 31.5 Å². The Balaban J connectivity index is 1.64. The van der Waals surface area contributed by atoms with Crippen LogP contribution in [0, 0.1) is 13.8 Å². The molecule has 25 heavy (non-hydrogen) atoms. The van der Waals surface area contributed by atoms with Gasteiger partial charge in [-0.3, -0.25) is 9.48 Å². The normalized spacial score (nSPS) is 12.2. The second kappa shape index (κ2) is 6.94. The Morgan fingerprint density at radius 2 is 2.00 bits per heavy atom. The van der Waals surface area contributed by atoms with Crippen molar-refractivity contribution in [2.24, 2.45) is 7.05 Å². The lowest BCUT2D eigenvalue weighted by Crippen LogP contribution is -2.29. The first-order chi connectivity index (χ1) is 12.0. The van der Waals surface area contributed by atoms with Gasteiger partial charge in [0.15, 0.2) is 0 Å². The Bertz CT molecular complexity index is 864.